The zero-order valence-corrected chi connectivity index (χ0v) is 12.5. The van der Waals surface area contributed by atoms with E-state index in [0.717, 1.165) is 0 Å². The zero-order chi connectivity index (χ0) is 15.6. The molecule has 0 aliphatic carbocycles. The molecule has 0 saturated carbocycles. The minimum Gasteiger partial charge on any atom is -0.477 e. The van der Waals surface area contributed by atoms with Crippen LogP contribution >= 0.6 is 11.3 Å². The second kappa shape index (κ2) is 5.66. The largest absolute Gasteiger partial charge is 0.477 e. The summed E-state index contributed by atoms with van der Waals surface area (Å²) in [7, 11) is -3.84. The number of benzene rings is 1. The van der Waals surface area contributed by atoms with E-state index in [1.807, 2.05) is 0 Å². The molecule has 0 amide bonds. The molecule has 0 aliphatic rings. The van der Waals surface area contributed by atoms with Gasteiger partial charge in [0.25, 0.3) is 10.0 Å². The van der Waals surface area contributed by atoms with Crippen LogP contribution in [0, 0.1) is 0 Å². The summed E-state index contributed by atoms with van der Waals surface area (Å²) in [6, 6.07) is 8.44. The number of anilines is 1. The van der Waals surface area contributed by atoms with Gasteiger partial charge in [-0.3, -0.25) is 9.52 Å². The van der Waals surface area contributed by atoms with E-state index in [0.29, 0.717) is 22.6 Å². The number of nitrogens with one attached hydrogen (secondary N) is 1. The van der Waals surface area contributed by atoms with Gasteiger partial charge in [-0.25, -0.2) is 13.2 Å². The van der Waals surface area contributed by atoms with Gasteiger partial charge < -0.3 is 5.11 Å². The minimum absolute atomic E-state index is 0.0534. The third-order valence-corrected chi connectivity index (χ3v) is 5.55. The summed E-state index contributed by atoms with van der Waals surface area (Å²) in [4.78, 5) is 21.8. The second-order valence-electron chi connectivity index (χ2n) is 4.16. The second-order valence-corrected chi connectivity index (χ2v) is 7.16. The lowest BCUT2D eigenvalue weighted by Gasteiger charge is -2.06. The van der Waals surface area contributed by atoms with Gasteiger partial charge in [0.05, 0.1) is 0 Å². The smallest absolute Gasteiger partial charge is 0.345 e. The van der Waals surface area contributed by atoms with Gasteiger partial charge in [0.1, 0.15) is 9.09 Å². The van der Waals surface area contributed by atoms with E-state index in [2.05, 4.69) is 4.72 Å². The first kappa shape index (κ1) is 15.2. The lowest BCUT2D eigenvalue weighted by Crippen LogP contribution is -2.11. The van der Waals surface area contributed by atoms with Gasteiger partial charge in [-0.15, -0.1) is 11.3 Å². The first-order valence-electron chi connectivity index (χ1n) is 5.76. The van der Waals surface area contributed by atoms with Crippen LogP contribution in [-0.4, -0.2) is 25.3 Å². The number of carboxylic acids is 1. The molecule has 8 heteroatoms. The van der Waals surface area contributed by atoms with E-state index in [1.165, 1.54) is 43.3 Å². The standard InChI is InChI=1S/C13H11NO5S2/c1-8(15)9-2-4-10(5-3-9)14-21(18,19)12-7-6-11(20-12)13(16)17/h2-7,14H,1H3,(H,16,17). The highest BCUT2D eigenvalue weighted by Gasteiger charge is 2.19. The van der Waals surface area contributed by atoms with Gasteiger partial charge in [-0.2, -0.15) is 0 Å². The number of hydrogen-bond acceptors (Lipinski definition) is 5. The summed E-state index contributed by atoms with van der Waals surface area (Å²) in [5.74, 6) is -1.29. The quantitative estimate of drug-likeness (QED) is 0.822. The maximum atomic E-state index is 12.1. The summed E-state index contributed by atoms with van der Waals surface area (Å²) in [5.41, 5.74) is 0.771. The van der Waals surface area contributed by atoms with Crippen LogP contribution in [0.5, 0.6) is 0 Å². The number of carbonyl (C=O) groups excluding carboxylic acids is 1. The highest BCUT2D eigenvalue weighted by molar-refractivity contribution is 7.94. The molecule has 0 atom stereocenters. The Bertz CT molecular complexity index is 790. The first-order chi connectivity index (χ1) is 9.79. The molecular weight excluding hydrogens is 314 g/mol. The van der Waals surface area contributed by atoms with Gasteiger partial charge >= 0.3 is 5.97 Å². The maximum Gasteiger partial charge on any atom is 0.345 e. The maximum absolute atomic E-state index is 12.1. The van der Waals surface area contributed by atoms with Crippen LogP contribution in [0.25, 0.3) is 0 Å². The molecule has 110 valence electrons. The average Bonchev–Trinajstić information content (AvgIpc) is 2.89. The number of rotatable bonds is 5. The molecule has 1 heterocycles. The lowest BCUT2D eigenvalue weighted by atomic mass is 10.1. The summed E-state index contributed by atoms with van der Waals surface area (Å²) >= 11 is 0.671. The van der Waals surface area contributed by atoms with Crippen LogP contribution in [-0.2, 0) is 10.0 Å². The minimum atomic E-state index is -3.84. The van der Waals surface area contributed by atoms with E-state index in [4.69, 9.17) is 5.11 Å². The molecule has 0 saturated heterocycles. The van der Waals surface area contributed by atoms with Crippen LogP contribution in [0.3, 0.4) is 0 Å². The molecule has 2 aromatic rings. The summed E-state index contributed by atoms with van der Waals surface area (Å²) < 4.78 is 26.4. The van der Waals surface area contributed by atoms with Crippen molar-refractivity contribution in [3.63, 3.8) is 0 Å². The molecule has 2 N–H and O–H groups in total. The molecule has 0 unspecified atom stereocenters. The molecule has 0 bridgehead atoms. The van der Waals surface area contributed by atoms with Crippen molar-refractivity contribution in [2.24, 2.45) is 0 Å². The predicted molar refractivity (Wildman–Crippen MR) is 78.5 cm³/mol. The molecule has 1 aromatic carbocycles. The van der Waals surface area contributed by atoms with Crippen LogP contribution in [0.15, 0.2) is 40.6 Å². The van der Waals surface area contributed by atoms with Gasteiger partial charge in [0, 0.05) is 11.3 Å². The van der Waals surface area contributed by atoms with Crippen molar-refractivity contribution in [1.82, 2.24) is 0 Å². The number of ketones is 1. The van der Waals surface area contributed by atoms with Crippen molar-refractivity contribution in [2.45, 2.75) is 11.1 Å². The fraction of sp³-hybridized carbons (Fsp3) is 0.0769. The topological polar surface area (TPSA) is 101 Å². The van der Waals surface area contributed by atoms with Crippen molar-refractivity contribution < 1.29 is 23.1 Å². The Hall–Kier alpha value is -2.19. The van der Waals surface area contributed by atoms with Crippen molar-refractivity contribution in [3.8, 4) is 0 Å². The Morgan fingerprint density at radius 3 is 2.19 bits per heavy atom. The molecule has 21 heavy (non-hydrogen) atoms. The molecule has 0 aliphatic heterocycles. The Kier molecular flexibility index (Phi) is 4.10. The Labute approximate surface area is 125 Å². The number of carboxylic acid groups (broad SMARTS) is 1. The van der Waals surface area contributed by atoms with Crippen molar-refractivity contribution in [1.29, 1.82) is 0 Å². The molecule has 1 aromatic heterocycles. The first-order valence-corrected chi connectivity index (χ1v) is 8.06. The number of sulfonamides is 1. The van der Waals surface area contributed by atoms with Crippen LogP contribution < -0.4 is 4.72 Å². The molecule has 0 fully saturated rings. The van der Waals surface area contributed by atoms with Crippen LogP contribution in [0.1, 0.15) is 27.0 Å². The van der Waals surface area contributed by atoms with Crippen molar-refractivity contribution in [3.05, 3.63) is 46.8 Å². The van der Waals surface area contributed by atoms with Crippen molar-refractivity contribution >= 4 is 38.8 Å². The van der Waals surface area contributed by atoms with Gasteiger partial charge in [0.15, 0.2) is 5.78 Å². The van der Waals surface area contributed by atoms with E-state index in [-0.39, 0.29) is 14.9 Å². The van der Waals surface area contributed by atoms with Crippen LogP contribution in [0.4, 0.5) is 5.69 Å². The average molecular weight is 325 g/mol. The number of carbonyl (C=O) groups is 2. The number of thiophene rings is 1. The molecule has 0 radical (unpaired) electrons. The van der Waals surface area contributed by atoms with Gasteiger partial charge in [-0.1, -0.05) is 0 Å². The Balaban J connectivity index is 2.24. The molecule has 2 rings (SSSR count). The van der Waals surface area contributed by atoms with Gasteiger partial charge in [0.2, 0.25) is 0 Å². The zero-order valence-electron chi connectivity index (χ0n) is 10.9. The fourth-order valence-corrected chi connectivity index (χ4v) is 3.76. The summed E-state index contributed by atoms with van der Waals surface area (Å²) in [6.07, 6.45) is 0. The Morgan fingerprint density at radius 1 is 1.10 bits per heavy atom. The molecule has 6 nitrogen and oxygen atoms in total. The number of aromatic carboxylic acids is 1. The SMILES string of the molecule is CC(=O)c1ccc(NS(=O)(=O)c2ccc(C(=O)O)s2)cc1. The van der Waals surface area contributed by atoms with E-state index >= 15 is 0 Å². The number of hydrogen-bond donors (Lipinski definition) is 2. The van der Waals surface area contributed by atoms with Gasteiger partial charge in [-0.05, 0) is 43.3 Å². The molecule has 0 spiro atoms. The highest BCUT2D eigenvalue weighted by atomic mass is 32.2. The predicted octanol–water partition coefficient (Wildman–Crippen LogP) is 2.45. The van der Waals surface area contributed by atoms with Crippen molar-refractivity contribution in [2.75, 3.05) is 4.72 Å². The molecular formula is C13H11NO5S2. The van der Waals surface area contributed by atoms with Crippen LogP contribution in [0.2, 0.25) is 0 Å². The third kappa shape index (κ3) is 3.47. The summed E-state index contributed by atoms with van der Waals surface area (Å²) in [5, 5.41) is 8.80. The monoisotopic (exact) mass is 325 g/mol. The van der Waals surface area contributed by atoms with E-state index in [1.54, 1.807) is 0 Å². The summed E-state index contributed by atoms with van der Waals surface area (Å²) in [6.45, 7) is 1.41. The number of Topliss-reactive ketones (excluding diaryl/α,β-unsaturated/α-hetero) is 1. The fourth-order valence-electron chi connectivity index (χ4n) is 1.56. The van der Waals surface area contributed by atoms with E-state index in [9.17, 15) is 18.0 Å². The van der Waals surface area contributed by atoms with E-state index < -0.39 is 16.0 Å². The third-order valence-electron chi connectivity index (χ3n) is 2.60. The highest BCUT2D eigenvalue weighted by Crippen LogP contribution is 2.24. The lowest BCUT2D eigenvalue weighted by molar-refractivity contribution is 0.0702. The normalized spacial score (nSPS) is 11.1. The Morgan fingerprint density at radius 2 is 1.71 bits per heavy atom.